The summed E-state index contributed by atoms with van der Waals surface area (Å²) in [5.74, 6) is -0.330. The molecule has 1 aliphatic rings. The summed E-state index contributed by atoms with van der Waals surface area (Å²) in [5.41, 5.74) is 1.65. The molecule has 1 aromatic carbocycles. The van der Waals surface area contributed by atoms with Crippen molar-refractivity contribution in [1.82, 2.24) is 15.5 Å². The summed E-state index contributed by atoms with van der Waals surface area (Å²) >= 11 is 8.71. The number of carbonyl (C=O) groups is 1. The summed E-state index contributed by atoms with van der Waals surface area (Å²) < 4.78 is 0.968. The number of amides is 1. The first-order valence-electron chi connectivity index (χ1n) is 7.28. The first-order chi connectivity index (χ1) is 10.5. The van der Waals surface area contributed by atoms with E-state index in [2.05, 4.69) is 33.1 Å². The molecule has 0 aromatic heterocycles. The predicted molar refractivity (Wildman–Crippen MR) is 96.3 cm³/mol. The van der Waals surface area contributed by atoms with Crippen molar-refractivity contribution in [2.24, 2.45) is 5.92 Å². The van der Waals surface area contributed by atoms with Crippen molar-refractivity contribution < 1.29 is 4.79 Å². The van der Waals surface area contributed by atoms with Gasteiger partial charge >= 0.3 is 0 Å². The number of rotatable bonds is 4. The molecule has 2 atom stereocenters. The van der Waals surface area contributed by atoms with Crippen molar-refractivity contribution in [3.63, 3.8) is 0 Å². The highest BCUT2D eigenvalue weighted by Gasteiger charge is 2.38. The average molecular weight is 382 g/mol. The highest BCUT2D eigenvalue weighted by molar-refractivity contribution is 9.10. The number of carbonyl (C=O) groups excluding carboxylic acids is 1. The van der Waals surface area contributed by atoms with Crippen LogP contribution < -0.4 is 10.6 Å². The summed E-state index contributed by atoms with van der Waals surface area (Å²) in [5, 5.41) is 6.71. The second-order valence-electron chi connectivity index (χ2n) is 5.14. The number of nitrogens with zero attached hydrogens (tertiary/aromatic N) is 1. The highest BCUT2D eigenvalue weighted by atomic mass is 79.9. The largest absolute Gasteiger partial charge is 0.354 e. The third kappa shape index (κ3) is 3.50. The van der Waals surface area contributed by atoms with E-state index in [4.69, 9.17) is 12.2 Å². The molecule has 1 aliphatic heterocycles. The van der Waals surface area contributed by atoms with E-state index in [1.165, 1.54) is 0 Å². The zero-order valence-electron chi connectivity index (χ0n) is 12.7. The summed E-state index contributed by atoms with van der Waals surface area (Å²) in [4.78, 5) is 14.7. The molecule has 2 N–H and O–H groups in total. The first kappa shape index (κ1) is 17.0. The quantitative estimate of drug-likeness (QED) is 0.786. The van der Waals surface area contributed by atoms with Crippen LogP contribution in [0.15, 0.2) is 41.0 Å². The van der Waals surface area contributed by atoms with Gasteiger partial charge in [-0.05, 0) is 43.8 Å². The second kappa shape index (κ2) is 7.24. The molecule has 1 saturated heterocycles. The van der Waals surface area contributed by atoms with Crippen LogP contribution in [0.25, 0.3) is 0 Å². The summed E-state index contributed by atoms with van der Waals surface area (Å²) in [6.07, 6.45) is 0. The van der Waals surface area contributed by atoms with Crippen molar-refractivity contribution in [3.05, 3.63) is 46.6 Å². The lowest BCUT2D eigenvalue weighted by atomic mass is 9.88. The van der Waals surface area contributed by atoms with Gasteiger partial charge in [-0.2, -0.15) is 0 Å². The molecule has 0 radical (unpaired) electrons. The number of nitrogens with one attached hydrogen (secondary N) is 2. The lowest BCUT2D eigenvalue weighted by molar-refractivity contribution is -0.135. The van der Waals surface area contributed by atoms with Crippen LogP contribution in [0.3, 0.4) is 0 Å². The second-order valence-corrected chi connectivity index (χ2v) is 6.47. The molecule has 6 heteroatoms. The van der Waals surface area contributed by atoms with E-state index in [0.717, 1.165) is 10.0 Å². The summed E-state index contributed by atoms with van der Waals surface area (Å²) in [7, 11) is 0. The lowest BCUT2D eigenvalue weighted by Crippen LogP contribution is -2.53. The van der Waals surface area contributed by atoms with Crippen molar-refractivity contribution in [1.29, 1.82) is 0 Å². The smallest absolute Gasteiger partial charge is 0.234 e. The molecule has 1 heterocycles. The van der Waals surface area contributed by atoms with Crippen LogP contribution in [0.4, 0.5) is 0 Å². The monoisotopic (exact) mass is 381 g/mol. The van der Waals surface area contributed by atoms with E-state index in [-0.39, 0.29) is 17.9 Å². The minimum Gasteiger partial charge on any atom is -0.354 e. The zero-order valence-corrected chi connectivity index (χ0v) is 15.1. The fourth-order valence-corrected chi connectivity index (χ4v) is 3.36. The topological polar surface area (TPSA) is 44.4 Å². The van der Waals surface area contributed by atoms with Crippen LogP contribution in [-0.4, -0.2) is 29.0 Å². The molecule has 118 valence electrons. The third-order valence-electron chi connectivity index (χ3n) is 3.82. The van der Waals surface area contributed by atoms with E-state index in [1.54, 1.807) is 0 Å². The Hall–Kier alpha value is -1.40. The molecule has 0 aliphatic carbocycles. The molecule has 1 amide bonds. The lowest BCUT2D eigenvalue weighted by Gasteiger charge is -2.37. The van der Waals surface area contributed by atoms with E-state index in [0.29, 0.717) is 23.9 Å². The first-order valence-corrected chi connectivity index (χ1v) is 8.48. The zero-order chi connectivity index (χ0) is 16.3. The maximum Gasteiger partial charge on any atom is 0.234 e. The number of benzene rings is 1. The van der Waals surface area contributed by atoms with Gasteiger partial charge in [0.05, 0.1) is 6.04 Å². The Morgan fingerprint density at radius 2 is 2.09 bits per heavy atom. The number of thiocarbonyl (C=S) groups is 1. The summed E-state index contributed by atoms with van der Waals surface area (Å²) in [6.45, 7) is 9.33. The average Bonchev–Trinajstić information content (AvgIpc) is 2.47. The van der Waals surface area contributed by atoms with Gasteiger partial charge in [0, 0.05) is 23.3 Å². The third-order valence-corrected chi connectivity index (χ3v) is 4.53. The maximum atomic E-state index is 12.9. The van der Waals surface area contributed by atoms with Gasteiger partial charge in [-0.1, -0.05) is 34.6 Å². The van der Waals surface area contributed by atoms with Gasteiger partial charge in [0.1, 0.15) is 5.92 Å². The van der Waals surface area contributed by atoms with Crippen molar-refractivity contribution >= 4 is 39.2 Å². The van der Waals surface area contributed by atoms with E-state index < -0.39 is 0 Å². The molecule has 1 fully saturated rings. The SMILES string of the molecule is C=C1NC(=S)N[C@H](c2cccc(Br)c2)[C@H]1C(=O)N(CC)CC. The summed E-state index contributed by atoms with van der Waals surface area (Å²) in [6, 6.07) is 7.69. The van der Waals surface area contributed by atoms with Crippen LogP contribution >= 0.6 is 28.1 Å². The number of halogens is 1. The molecule has 4 nitrogen and oxygen atoms in total. The van der Waals surface area contributed by atoms with Crippen LogP contribution in [0.1, 0.15) is 25.5 Å². The minimum atomic E-state index is -0.388. The fraction of sp³-hybridized carbons (Fsp3) is 0.375. The molecule has 0 bridgehead atoms. The number of hydrogen-bond acceptors (Lipinski definition) is 2. The van der Waals surface area contributed by atoms with Crippen molar-refractivity contribution in [2.45, 2.75) is 19.9 Å². The Morgan fingerprint density at radius 1 is 1.41 bits per heavy atom. The molecular formula is C16H20BrN3OS. The highest BCUT2D eigenvalue weighted by Crippen LogP contribution is 2.32. The molecule has 2 rings (SSSR count). The van der Waals surface area contributed by atoms with Gasteiger partial charge in [-0.3, -0.25) is 4.79 Å². The Kier molecular flexibility index (Phi) is 5.58. The van der Waals surface area contributed by atoms with Crippen LogP contribution in [0, 0.1) is 5.92 Å². The van der Waals surface area contributed by atoms with E-state index >= 15 is 0 Å². The molecule has 0 unspecified atom stereocenters. The normalized spacial score (nSPS) is 21.0. The molecule has 0 saturated carbocycles. The van der Waals surface area contributed by atoms with Gasteiger partial charge in [0.2, 0.25) is 5.91 Å². The molecule has 0 spiro atoms. The van der Waals surface area contributed by atoms with Crippen LogP contribution in [0.2, 0.25) is 0 Å². The van der Waals surface area contributed by atoms with Gasteiger partial charge in [0.15, 0.2) is 5.11 Å². The predicted octanol–water partition coefficient (Wildman–Crippen LogP) is 2.97. The Morgan fingerprint density at radius 3 is 2.68 bits per heavy atom. The van der Waals surface area contributed by atoms with Gasteiger partial charge in [-0.25, -0.2) is 0 Å². The van der Waals surface area contributed by atoms with Crippen molar-refractivity contribution in [3.8, 4) is 0 Å². The minimum absolute atomic E-state index is 0.0578. The Balaban J connectivity index is 2.40. The van der Waals surface area contributed by atoms with Gasteiger partial charge in [-0.15, -0.1) is 0 Å². The van der Waals surface area contributed by atoms with Crippen LogP contribution in [0.5, 0.6) is 0 Å². The van der Waals surface area contributed by atoms with Crippen molar-refractivity contribution in [2.75, 3.05) is 13.1 Å². The van der Waals surface area contributed by atoms with Gasteiger partial charge < -0.3 is 15.5 Å². The maximum absolute atomic E-state index is 12.9. The Bertz CT molecular complexity index is 601. The molecule has 22 heavy (non-hydrogen) atoms. The number of hydrogen-bond donors (Lipinski definition) is 2. The molecule has 1 aromatic rings. The fourth-order valence-electron chi connectivity index (χ4n) is 2.68. The standard InChI is InChI=1S/C16H20BrN3OS/c1-4-20(5-2)15(21)13-10(3)18-16(22)19-14(13)11-7-6-8-12(17)9-11/h6-9,13-14H,3-5H2,1-2H3,(H2,18,19,22)/t13-,14+/m0/s1. The van der Waals surface area contributed by atoms with Crippen LogP contribution in [-0.2, 0) is 4.79 Å². The van der Waals surface area contributed by atoms with E-state index in [9.17, 15) is 4.79 Å². The van der Waals surface area contributed by atoms with E-state index in [1.807, 2.05) is 43.0 Å². The Labute approximate surface area is 145 Å². The van der Waals surface area contributed by atoms with Gasteiger partial charge in [0.25, 0.3) is 0 Å². The molecular weight excluding hydrogens is 362 g/mol.